The molecule has 0 unspecified atom stereocenters. The summed E-state index contributed by atoms with van der Waals surface area (Å²) in [5.41, 5.74) is 17.7. The Bertz CT molecular complexity index is 3230. The zero-order chi connectivity index (χ0) is 42.0. The lowest BCUT2D eigenvalue weighted by Crippen LogP contribution is -2.10. The minimum atomic E-state index is 1.08. The van der Waals surface area contributed by atoms with Crippen molar-refractivity contribution in [3.8, 4) is 66.8 Å². The number of nitrogens with zero attached hydrogens (tertiary/aromatic N) is 1. The molecule has 0 spiro atoms. The van der Waals surface area contributed by atoms with E-state index in [4.69, 9.17) is 0 Å². The van der Waals surface area contributed by atoms with Crippen LogP contribution in [0.5, 0.6) is 0 Å². The van der Waals surface area contributed by atoms with Crippen LogP contribution in [0.4, 0.5) is 17.1 Å². The van der Waals surface area contributed by atoms with Crippen LogP contribution in [0, 0.1) is 0 Å². The van der Waals surface area contributed by atoms with Gasteiger partial charge in [0.25, 0.3) is 0 Å². The molecule has 0 aliphatic heterocycles. The van der Waals surface area contributed by atoms with E-state index < -0.39 is 0 Å². The summed E-state index contributed by atoms with van der Waals surface area (Å²) in [5, 5.41) is 5.00. The van der Waals surface area contributed by atoms with E-state index >= 15 is 0 Å². The molecule has 0 saturated heterocycles. The Morgan fingerprint density at radius 3 is 0.937 bits per heavy atom. The molecule has 0 fully saturated rings. The first kappa shape index (κ1) is 37.7. The van der Waals surface area contributed by atoms with E-state index in [2.05, 4.69) is 266 Å². The van der Waals surface area contributed by atoms with Crippen LogP contribution in [0.25, 0.3) is 88.3 Å². The van der Waals surface area contributed by atoms with Crippen molar-refractivity contribution in [2.45, 2.75) is 0 Å². The van der Waals surface area contributed by atoms with Gasteiger partial charge in [0.15, 0.2) is 0 Å². The average molecular weight is 802 g/mol. The number of hydrogen-bond acceptors (Lipinski definition) is 1. The van der Waals surface area contributed by atoms with E-state index in [0.717, 1.165) is 17.1 Å². The quantitative estimate of drug-likeness (QED) is 0.131. The molecule has 0 amide bonds. The summed E-state index contributed by atoms with van der Waals surface area (Å²) < 4.78 is 0. The van der Waals surface area contributed by atoms with Crippen molar-refractivity contribution in [3.63, 3.8) is 0 Å². The molecule has 0 atom stereocenters. The maximum absolute atomic E-state index is 2.40. The van der Waals surface area contributed by atoms with E-state index in [1.165, 1.54) is 88.3 Å². The van der Waals surface area contributed by atoms with Crippen molar-refractivity contribution in [2.24, 2.45) is 0 Å². The van der Waals surface area contributed by atoms with Gasteiger partial charge >= 0.3 is 0 Å². The van der Waals surface area contributed by atoms with Crippen LogP contribution in [-0.2, 0) is 0 Å². The van der Waals surface area contributed by atoms with E-state index in [1.54, 1.807) is 0 Å². The average Bonchev–Trinajstić information content (AvgIpc) is 3.37. The molecule has 0 aliphatic rings. The highest BCUT2D eigenvalue weighted by Crippen LogP contribution is 2.47. The van der Waals surface area contributed by atoms with Gasteiger partial charge in [-0.25, -0.2) is 0 Å². The predicted octanol–water partition coefficient (Wildman–Crippen LogP) is 17.5. The molecule has 63 heavy (non-hydrogen) atoms. The first-order valence-electron chi connectivity index (χ1n) is 21.7. The summed E-state index contributed by atoms with van der Waals surface area (Å²) in [7, 11) is 0. The van der Waals surface area contributed by atoms with Crippen LogP contribution in [0.2, 0.25) is 0 Å². The molecule has 1 nitrogen and oxygen atoms in total. The first-order chi connectivity index (χ1) is 31.3. The van der Waals surface area contributed by atoms with Gasteiger partial charge in [-0.1, -0.05) is 224 Å². The van der Waals surface area contributed by atoms with E-state index in [-0.39, 0.29) is 0 Å². The Balaban J connectivity index is 1.08. The van der Waals surface area contributed by atoms with Gasteiger partial charge in [-0.05, 0) is 125 Å². The largest absolute Gasteiger partial charge is 0.310 e. The Kier molecular flexibility index (Phi) is 9.97. The van der Waals surface area contributed by atoms with Gasteiger partial charge in [-0.3, -0.25) is 0 Å². The second-order valence-electron chi connectivity index (χ2n) is 16.0. The summed E-state index contributed by atoms with van der Waals surface area (Å²) in [5.74, 6) is 0. The summed E-state index contributed by atoms with van der Waals surface area (Å²) in [6, 6.07) is 94.5. The fourth-order valence-electron chi connectivity index (χ4n) is 9.38. The Morgan fingerprint density at radius 1 is 0.190 bits per heavy atom. The molecule has 1 heteroatoms. The number of anilines is 3. The molecule has 11 rings (SSSR count). The Labute approximate surface area is 369 Å². The van der Waals surface area contributed by atoms with E-state index in [1.807, 2.05) is 0 Å². The highest BCUT2D eigenvalue weighted by atomic mass is 15.1. The van der Waals surface area contributed by atoms with Crippen LogP contribution in [0.3, 0.4) is 0 Å². The van der Waals surface area contributed by atoms with Crippen LogP contribution < -0.4 is 4.90 Å². The topological polar surface area (TPSA) is 3.24 Å². The lowest BCUT2D eigenvalue weighted by atomic mass is 9.85. The molecular formula is C62H43N. The summed E-state index contributed by atoms with van der Waals surface area (Å²) in [4.78, 5) is 2.40. The van der Waals surface area contributed by atoms with Gasteiger partial charge in [0.1, 0.15) is 0 Å². The fourth-order valence-corrected chi connectivity index (χ4v) is 9.38. The van der Waals surface area contributed by atoms with E-state index in [0.29, 0.717) is 0 Å². The number of benzene rings is 11. The second-order valence-corrected chi connectivity index (χ2v) is 16.0. The van der Waals surface area contributed by atoms with Gasteiger partial charge in [0.2, 0.25) is 0 Å². The molecular weight excluding hydrogens is 759 g/mol. The van der Waals surface area contributed by atoms with Gasteiger partial charge in [-0.2, -0.15) is 0 Å². The lowest BCUT2D eigenvalue weighted by molar-refractivity contribution is 1.28. The molecule has 11 aromatic carbocycles. The van der Waals surface area contributed by atoms with Gasteiger partial charge in [0, 0.05) is 17.1 Å². The summed E-state index contributed by atoms with van der Waals surface area (Å²) in [6.45, 7) is 0. The molecule has 0 N–H and O–H groups in total. The lowest BCUT2D eigenvalue weighted by Gasteiger charge is -2.27. The molecule has 0 radical (unpaired) electrons. The predicted molar refractivity (Wildman–Crippen MR) is 269 cm³/mol. The van der Waals surface area contributed by atoms with Crippen molar-refractivity contribution in [1.29, 1.82) is 0 Å². The minimum Gasteiger partial charge on any atom is -0.310 e. The van der Waals surface area contributed by atoms with Crippen LogP contribution in [-0.4, -0.2) is 0 Å². The third-order valence-electron chi connectivity index (χ3n) is 12.3. The fraction of sp³-hybridized carbons (Fsp3) is 0. The number of hydrogen-bond donors (Lipinski definition) is 0. The van der Waals surface area contributed by atoms with Gasteiger partial charge in [-0.15, -0.1) is 0 Å². The zero-order valence-electron chi connectivity index (χ0n) is 34.8. The van der Waals surface area contributed by atoms with Crippen molar-refractivity contribution in [1.82, 2.24) is 0 Å². The second kappa shape index (κ2) is 16.7. The molecule has 11 aromatic rings. The molecule has 0 bridgehead atoms. The Hall–Kier alpha value is -8.26. The molecule has 0 aromatic heterocycles. The maximum atomic E-state index is 2.40. The summed E-state index contributed by atoms with van der Waals surface area (Å²) >= 11 is 0. The van der Waals surface area contributed by atoms with Crippen molar-refractivity contribution in [2.75, 3.05) is 4.90 Å². The van der Waals surface area contributed by atoms with Crippen LogP contribution in [0.15, 0.2) is 261 Å². The van der Waals surface area contributed by atoms with E-state index in [9.17, 15) is 0 Å². The SMILES string of the molecule is c1ccc(-c2ccccc2-c2ccc(N(c3ccc(-c4ccccc4-c4ccccc4)cc3)c3cccc(-c4c(-c5ccccc5)c5ccccc5c5ccccc45)c3)cc2)cc1. The molecule has 296 valence electrons. The smallest absolute Gasteiger partial charge is 0.0467 e. The third kappa shape index (κ3) is 7.16. The number of rotatable bonds is 9. The third-order valence-corrected chi connectivity index (χ3v) is 12.3. The van der Waals surface area contributed by atoms with Crippen LogP contribution in [0.1, 0.15) is 0 Å². The monoisotopic (exact) mass is 801 g/mol. The first-order valence-corrected chi connectivity index (χ1v) is 21.7. The molecule has 0 saturated carbocycles. The molecule has 0 heterocycles. The minimum absolute atomic E-state index is 1.08. The molecule has 0 aliphatic carbocycles. The van der Waals surface area contributed by atoms with Crippen LogP contribution >= 0.6 is 0 Å². The highest BCUT2D eigenvalue weighted by Gasteiger charge is 2.20. The van der Waals surface area contributed by atoms with Gasteiger partial charge in [0.05, 0.1) is 0 Å². The highest BCUT2D eigenvalue weighted by molar-refractivity contribution is 6.21. The Morgan fingerprint density at radius 2 is 0.508 bits per heavy atom. The standard InChI is InChI=1S/C62H43N/c1-4-19-44(20-5-1)53-27-10-12-29-55(53)46-35-39-50(40-36-46)63(51-41-37-47(38-42-51)56-30-13-11-28-54(56)45-21-6-2-7-22-45)52-26-18-25-49(43-52)62-60-34-17-15-32-58(60)57-31-14-16-33-59(57)61(62)48-23-8-3-9-24-48/h1-43H. The van der Waals surface area contributed by atoms with Crippen molar-refractivity contribution < 1.29 is 0 Å². The van der Waals surface area contributed by atoms with Gasteiger partial charge < -0.3 is 4.90 Å². The maximum Gasteiger partial charge on any atom is 0.0467 e. The van der Waals surface area contributed by atoms with Crippen molar-refractivity contribution >= 4 is 38.6 Å². The summed E-state index contributed by atoms with van der Waals surface area (Å²) in [6.07, 6.45) is 0. The zero-order valence-corrected chi connectivity index (χ0v) is 34.8. The van der Waals surface area contributed by atoms with Crippen molar-refractivity contribution in [3.05, 3.63) is 261 Å². The normalized spacial score (nSPS) is 11.2. The number of fused-ring (bicyclic) bond motifs is 3.